The number of hydrogen-bond donors (Lipinski definition) is 0. The Labute approximate surface area is 187 Å². The van der Waals surface area contributed by atoms with Gasteiger partial charge in [0.2, 0.25) is 0 Å². The standard InChI is InChI=1S/C26H35NO3S/c1-21-4-2-16-27(21)17-15-22-7-9-24(10-8-22)25-11-13-26(14-12-25)31(28,29)19-3-18-30-20-23-5-6-23/h7-14,21,23H,2-6,15-20H2,1H3/t21-/m1/s1. The number of ether oxygens (including phenoxy) is 1. The summed E-state index contributed by atoms with van der Waals surface area (Å²) in [6, 6.07) is 16.7. The number of rotatable bonds is 11. The van der Waals surface area contributed by atoms with Gasteiger partial charge in [-0.2, -0.15) is 0 Å². The van der Waals surface area contributed by atoms with E-state index in [9.17, 15) is 8.42 Å². The van der Waals surface area contributed by atoms with Crippen molar-refractivity contribution in [1.82, 2.24) is 4.90 Å². The molecule has 2 aromatic carbocycles. The van der Waals surface area contributed by atoms with E-state index >= 15 is 0 Å². The normalized spacial score (nSPS) is 19.7. The molecule has 1 saturated heterocycles. The van der Waals surface area contributed by atoms with Gasteiger partial charge in [0.05, 0.1) is 10.6 Å². The van der Waals surface area contributed by atoms with Gasteiger partial charge in [0.15, 0.2) is 9.84 Å². The molecule has 4 nitrogen and oxygen atoms in total. The predicted molar refractivity (Wildman–Crippen MR) is 126 cm³/mol. The van der Waals surface area contributed by atoms with Crippen molar-refractivity contribution in [2.75, 3.05) is 32.1 Å². The quantitative estimate of drug-likeness (QED) is 0.462. The Kier molecular flexibility index (Phi) is 7.47. The van der Waals surface area contributed by atoms with Gasteiger partial charge < -0.3 is 9.64 Å². The third kappa shape index (κ3) is 6.41. The smallest absolute Gasteiger partial charge is 0.178 e. The fourth-order valence-corrected chi connectivity index (χ4v) is 5.60. The second-order valence-electron chi connectivity index (χ2n) is 9.19. The molecule has 0 N–H and O–H groups in total. The second kappa shape index (κ2) is 10.3. The molecule has 4 rings (SSSR count). The summed E-state index contributed by atoms with van der Waals surface area (Å²) in [6.07, 6.45) is 6.77. The Morgan fingerprint density at radius 3 is 2.26 bits per heavy atom. The van der Waals surface area contributed by atoms with Crippen molar-refractivity contribution < 1.29 is 13.2 Å². The summed E-state index contributed by atoms with van der Waals surface area (Å²) in [5.41, 5.74) is 3.52. The molecule has 168 valence electrons. The zero-order chi connectivity index (χ0) is 21.7. The van der Waals surface area contributed by atoms with E-state index in [1.165, 1.54) is 37.8 Å². The van der Waals surface area contributed by atoms with Crippen molar-refractivity contribution >= 4 is 9.84 Å². The van der Waals surface area contributed by atoms with Gasteiger partial charge in [0.1, 0.15) is 0 Å². The summed E-state index contributed by atoms with van der Waals surface area (Å²) in [6.45, 7) is 5.98. The largest absolute Gasteiger partial charge is 0.381 e. The van der Waals surface area contributed by atoms with Crippen LogP contribution in [0.5, 0.6) is 0 Å². The van der Waals surface area contributed by atoms with Crippen LogP contribution in [0, 0.1) is 5.92 Å². The van der Waals surface area contributed by atoms with Crippen molar-refractivity contribution in [1.29, 1.82) is 0 Å². The van der Waals surface area contributed by atoms with Gasteiger partial charge in [-0.15, -0.1) is 0 Å². The van der Waals surface area contributed by atoms with Crippen LogP contribution >= 0.6 is 0 Å². The second-order valence-corrected chi connectivity index (χ2v) is 11.3. The number of sulfone groups is 1. The van der Waals surface area contributed by atoms with Gasteiger partial charge in [-0.3, -0.25) is 0 Å². The highest BCUT2D eigenvalue weighted by atomic mass is 32.2. The SMILES string of the molecule is C[C@@H]1CCCN1CCc1ccc(-c2ccc(S(=O)(=O)CCCOCC3CC3)cc2)cc1. The summed E-state index contributed by atoms with van der Waals surface area (Å²) < 4.78 is 30.7. The molecule has 2 aromatic rings. The first-order chi connectivity index (χ1) is 15.0. The topological polar surface area (TPSA) is 46.6 Å². The summed E-state index contributed by atoms with van der Waals surface area (Å²) >= 11 is 0. The molecule has 31 heavy (non-hydrogen) atoms. The van der Waals surface area contributed by atoms with E-state index in [4.69, 9.17) is 4.74 Å². The fraction of sp³-hybridized carbons (Fsp3) is 0.538. The van der Waals surface area contributed by atoms with E-state index in [1.54, 1.807) is 12.1 Å². The summed E-state index contributed by atoms with van der Waals surface area (Å²) in [5.74, 6) is 0.855. The molecule has 0 amide bonds. The van der Waals surface area contributed by atoms with Crippen molar-refractivity contribution in [3.05, 3.63) is 54.1 Å². The maximum atomic E-state index is 12.6. The average molecular weight is 442 g/mol. The van der Waals surface area contributed by atoms with Crippen LogP contribution in [-0.4, -0.2) is 51.4 Å². The predicted octanol–water partition coefficient (Wildman–Crippen LogP) is 4.97. The van der Waals surface area contributed by atoms with E-state index in [-0.39, 0.29) is 5.75 Å². The fourth-order valence-electron chi connectivity index (χ4n) is 4.32. The molecule has 1 atom stereocenters. The molecule has 1 aliphatic carbocycles. The van der Waals surface area contributed by atoms with E-state index < -0.39 is 9.84 Å². The lowest BCUT2D eigenvalue weighted by atomic mass is 10.0. The van der Waals surface area contributed by atoms with Crippen LogP contribution in [-0.2, 0) is 21.0 Å². The summed E-state index contributed by atoms with van der Waals surface area (Å²) in [7, 11) is -3.26. The van der Waals surface area contributed by atoms with Gasteiger partial charge in [-0.25, -0.2) is 8.42 Å². The molecule has 0 unspecified atom stereocenters. The lowest BCUT2D eigenvalue weighted by Gasteiger charge is -2.20. The molecule has 1 saturated carbocycles. The number of likely N-dealkylation sites (tertiary alicyclic amines) is 1. The molecule has 1 heterocycles. The molecule has 0 aromatic heterocycles. The highest BCUT2D eigenvalue weighted by Crippen LogP contribution is 2.29. The number of hydrogen-bond acceptors (Lipinski definition) is 4. The summed E-state index contributed by atoms with van der Waals surface area (Å²) in [4.78, 5) is 2.97. The van der Waals surface area contributed by atoms with Crippen molar-refractivity contribution in [2.45, 2.75) is 56.4 Å². The van der Waals surface area contributed by atoms with Crippen LogP contribution in [0.4, 0.5) is 0 Å². The zero-order valence-corrected chi connectivity index (χ0v) is 19.4. The first kappa shape index (κ1) is 22.5. The Hall–Kier alpha value is -1.69. The minimum absolute atomic E-state index is 0.140. The Bertz CT molecular complexity index is 934. The molecule has 0 bridgehead atoms. The first-order valence-corrected chi connectivity index (χ1v) is 13.4. The van der Waals surface area contributed by atoms with Crippen molar-refractivity contribution in [2.24, 2.45) is 5.92 Å². The molecule has 0 spiro atoms. The van der Waals surface area contributed by atoms with Gasteiger partial charge in [0.25, 0.3) is 0 Å². The van der Waals surface area contributed by atoms with E-state index in [2.05, 4.69) is 36.1 Å². The van der Waals surface area contributed by atoms with Crippen LogP contribution in [0.2, 0.25) is 0 Å². The van der Waals surface area contributed by atoms with E-state index in [1.807, 2.05) is 12.1 Å². The minimum atomic E-state index is -3.26. The molecule has 5 heteroatoms. The van der Waals surface area contributed by atoms with E-state index in [0.717, 1.165) is 30.7 Å². The molecule has 2 aliphatic rings. The maximum absolute atomic E-state index is 12.6. The van der Waals surface area contributed by atoms with Gasteiger partial charge in [-0.1, -0.05) is 36.4 Å². The molecular weight excluding hydrogens is 406 g/mol. The van der Waals surface area contributed by atoms with Gasteiger partial charge >= 0.3 is 0 Å². The first-order valence-electron chi connectivity index (χ1n) is 11.8. The third-order valence-corrected chi connectivity index (χ3v) is 8.45. The molecule has 0 radical (unpaired) electrons. The van der Waals surface area contributed by atoms with Gasteiger partial charge in [-0.05, 0) is 86.7 Å². The Morgan fingerprint density at radius 1 is 0.968 bits per heavy atom. The van der Waals surface area contributed by atoms with Crippen LogP contribution in [0.1, 0.15) is 44.6 Å². The molecular formula is C26H35NO3S. The highest BCUT2D eigenvalue weighted by molar-refractivity contribution is 7.91. The van der Waals surface area contributed by atoms with Crippen LogP contribution < -0.4 is 0 Å². The molecule has 2 fully saturated rings. The third-order valence-electron chi connectivity index (χ3n) is 6.63. The average Bonchev–Trinajstić information content (AvgIpc) is 3.52. The van der Waals surface area contributed by atoms with Crippen LogP contribution in [0.3, 0.4) is 0 Å². The van der Waals surface area contributed by atoms with Crippen molar-refractivity contribution in [3.8, 4) is 11.1 Å². The van der Waals surface area contributed by atoms with E-state index in [0.29, 0.717) is 29.9 Å². The zero-order valence-electron chi connectivity index (χ0n) is 18.6. The monoisotopic (exact) mass is 441 g/mol. The summed E-state index contributed by atoms with van der Waals surface area (Å²) in [5, 5.41) is 0. The Balaban J connectivity index is 1.28. The molecule has 1 aliphatic heterocycles. The minimum Gasteiger partial charge on any atom is -0.381 e. The highest BCUT2D eigenvalue weighted by Gasteiger charge is 2.21. The number of benzene rings is 2. The van der Waals surface area contributed by atoms with Gasteiger partial charge in [0, 0.05) is 25.8 Å². The number of nitrogens with zero attached hydrogens (tertiary/aromatic N) is 1. The Morgan fingerprint density at radius 2 is 1.65 bits per heavy atom. The lowest BCUT2D eigenvalue weighted by Crippen LogP contribution is -2.28. The maximum Gasteiger partial charge on any atom is 0.178 e. The van der Waals surface area contributed by atoms with Crippen LogP contribution in [0.25, 0.3) is 11.1 Å². The van der Waals surface area contributed by atoms with Crippen LogP contribution in [0.15, 0.2) is 53.4 Å². The lowest BCUT2D eigenvalue weighted by molar-refractivity contribution is 0.125. The van der Waals surface area contributed by atoms with Crippen molar-refractivity contribution in [3.63, 3.8) is 0 Å².